The number of carbonyl (C=O) groups is 1. The summed E-state index contributed by atoms with van der Waals surface area (Å²) in [5.74, 6) is -0.670. The van der Waals surface area contributed by atoms with Gasteiger partial charge in [-0.1, -0.05) is 32.6 Å². The van der Waals surface area contributed by atoms with Crippen molar-refractivity contribution in [3.8, 4) is 0 Å². The van der Waals surface area contributed by atoms with Crippen LogP contribution in [0, 0.1) is 46.9 Å². The maximum absolute atomic E-state index is 10.0. The van der Waals surface area contributed by atoms with Crippen LogP contribution in [-0.2, 0) is 4.79 Å². The molecule has 0 amide bonds. The third-order valence-corrected chi connectivity index (χ3v) is 1.49. The Morgan fingerprint density at radius 3 is 2.18 bits per heavy atom. The van der Waals surface area contributed by atoms with Crippen LogP contribution in [-0.4, -0.2) is 11.1 Å². The van der Waals surface area contributed by atoms with E-state index in [2.05, 4.69) is 6.92 Å². The van der Waals surface area contributed by atoms with Gasteiger partial charge >= 0.3 is 5.97 Å². The van der Waals surface area contributed by atoms with Crippen LogP contribution < -0.4 is 0 Å². The summed E-state index contributed by atoms with van der Waals surface area (Å²) in [6.45, 7) is 2.15. The number of unbranched alkanes of at least 4 members (excludes halogenated alkanes) is 4. The van der Waals surface area contributed by atoms with Crippen LogP contribution in [0.5, 0.6) is 0 Å². The third kappa shape index (κ3) is 13.9. The summed E-state index contributed by atoms with van der Waals surface area (Å²) in [5.41, 5.74) is 0. The number of hydrogen-bond donors (Lipinski definition) is 1. The summed E-state index contributed by atoms with van der Waals surface area (Å²) in [5, 5.41) is 8.27. The van der Waals surface area contributed by atoms with Crippen LogP contribution in [0.3, 0.4) is 0 Å². The van der Waals surface area contributed by atoms with E-state index in [1.807, 2.05) is 0 Å². The van der Waals surface area contributed by atoms with Crippen molar-refractivity contribution in [1.82, 2.24) is 0 Å². The fraction of sp³-hybridized carbons (Fsp3) is 0.875. The normalized spacial score (nSPS) is 8.82. The first-order chi connectivity index (χ1) is 4.77. The van der Waals surface area contributed by atoms with Crippen molar-refractivity contribution < 1.29 is 56.8 Å². The summed E-state index contributed by atoms with van der Waals surface area (Å²) in [4.78, 5) is 10.0. The Balaban J connectivity index is 0. The molecule has 0 aliphatic heterocycles. The summed E-state index contributed by atoms with van der Waals surface area (Å²) >= 11 is 0. The summed E-state index contributed by atoms with van der Waals surface area (Å²) in [6, 6.07) is 0. The van der Waals surface area contributed by atoms with Crippen LogP contribution in [0.1, 0.15) is 45.4 Å². The minimum absolute atomic E-state index is 0. The zero-order chi connectivity index (χ0) is 7.82. The first kappa shape index (κ1) is 14.5. The number of rotatable bonds is 6. The van der Waals surface area contributed by atoms with Gasteiger partial charge in [0, 0.05) is 53.3 Å². The molecule has 0 aromatic rings. The average Bonchev–Trinajstić information content (AvgIpc) is 1.87. The van der Waals surface area contributed by atoms with E-state index in [9.17, 15) is 4.79 Å². The smallest absolute Gasteiger partial charge is 0.303 e. The molecule has 0 saturated heterocycles. The van der Waals surface area contributed by atoms with Crippen molar-refractivity contribution in [3.63, 3.8) is 0 Å². The summed E-state index contributed by atoms with van der Waals surface area (Å²) in [6.07, 6.45) is 5.88. The standard InChI is InChI=1S/C8H16O2.Yb/c1-2-3-4-5-6-7-8(9)10;/h2-7H2,1H3,(H,9,10);. The van der Waals surface area contributed by atoms with E-state index < -0.39 is 5.97 Å². The van der Waals surface area contributed by atoms with Crippen molar-refractivity contribution in [3.05, 3.63) is 0 Å². The van der Waals surface area contributed by atoms with Gasteiger partial charge in [0.1, 0.15) is 0 Å². The molecule has 0 aromatic carbocycles. The second-order valence-electron chi connectivity index (χ2n) is 2.56. The zero-order valence-corrected chi connectivity index (χ0v) is 8.58. The van der Waals surface area contributed by atoms with Crippen molar-refractivity contribution in [2.24, 2.45) is 0 Å². The quantitative estimate of drug-likeness (QED) is 0.764. The van der Waals surface area contributed by atoms with Gasteiger partial charge in [0.25, 0.3) is 0 Å². The van der Waals surface area contributed by atoms with Crippen molar-refractivity contribution in [2.45, 2.75) is 45.4 Å². The van der Waals surface area contributed by atoms with Gasteiger partial charge in [-0.2, -0.15) is 0 Å². The molecule has 0 bridgehead atoms. The monoisotopic (exact) mass is 318 g/mol. The Morgan fingerprint density at radius 1 is 1.18 bits per heavy atom. The van der Waals surface area contributed by atoms with Crippen molar-refractivity contribution >= 4 is 5.97 Å². The molecule has 2 nitrogen and oxygen atoms in total. The Bertz CT molecular complexity index is 94.1. The van der Waals surface area contributed by atoms with Gasteiger partial charge < -0.3 is 5.11 Å². The topological polar surface area (TPSA) is 37.3 Å². The Hall–Kier alpha value is 0.989. The van der Waals surface area contributed by atoms with Gasteiger partial charge in [-0.15, -0.1) is 0 Å². The van der Waals surface area contributed by atoms with E-state index in [-0.39, 0.29) is 46.9 Å². The molecular formula is C8H16O2Yb. The average molecular weight is 317 g/mol. The molecule has 0 aromatic heterocycles. The van der Waals surface area contributed by atoms with E-state index >= 15 is 0 Å². The predicted molar refractivity (Wildman–Crippen MR) is 41.0 cm³/mol. The molecule has 0 atom stereocenters. The molecule has 3 heteroatoms. The van der Waals surface area contributed by atoms with Crippen LogP contribution in [0.25, 0.3) is 0 Å². The summed E-state index contributed by atoms with van der Waals surface area (Å²) < 4.78 is 0. The van der Waals surface area contributed by atoms with Crippen LogP contribution in [0.15, 0.2) is 0 Å². The number of carboxylic acid groups (broad SMARTS) is 1. The molecule has 0 radical (unpaired) electrons. The molecule has 0 heterocycles. The first-order valence-corrected chi connectivity index (χ1v) is 3.99. The molecular weight excluding hydrogens is 301 g/mol. The van der Waals surface area contributed by atoms with Gasteiger partial charge in [0.2, 0.25) is 0 Å². The van der Waals surface area contributed by atoms with Gasteiger partial charge in [0.05, 0.1) is 0 Å². The number of hydrogen-bond acceptors (Lipinski definition) is 1. The third-order valence-electron chi connectivity index (χ3n) is 1.49. The Kier molecular flexibility index (Phi) is 14.5. The van der Waals surface area contributed by atoms with E-state index in [0.29, 0.717) is 6.42 Å². The fourth-order valence-electron chi connectivity index (χ4n) is 0.880. The first-order valence-electron chi connectivity index (χ1n) is 3.99. The van der Waals surface area contributed by atoms with Gasteiger partial charge in [-0.05, 0) is 6.42 Å². The van der Waals surface area contributed by atoms with Crippen LogP contribution >= 0.6 is 0 Å². The maximum Gasteiger partial charge on any atom is 0.303 e. The minimum atomic E-state index is -0.670. The van der Waals surface area contributed by atoms with Crippen LogP contribution in [0.2, 0.25) is 0 Å². The second kappa shape index (κ2) is 11.0. The molecule has 0 spiro atoms. The van der Waals surface area contributed by atoms with Gasteiger partial charge in [0.15, 0.2) is 0 Å². The predicted octanol–water partition coefficient (Wildman–Crippen LogP) is 2.43. The van der Waals surface area contributed by atoms with E-state index in [0.717, 1.165) is 12.8 Å². The Labute approximate surface area is 107 Å². The molecule has 0 unspecified atom stereocenters. The molecule has 74 valence electrons. The fourth-order valence-corrected chi connectivity index (χ4v) is 0.880. The van der Waals surface area contributed by atoms with Crippen LogP contribution in [0.4, 0.5) is 0 Å². The van der Waals surface area contributed by atoms with Gasteiger partial charge in [-0.25, -0.2) is 0 Å². The van der Waals surface area contributed by atoms with E-state index in [4.69, 9.17) is 5.11 Å². The van der Waals surface area contributed by atoms with E-state index in [1.165, 1.54) is 19.3 Å². The summed E-state index contributed by atoms with van der Waals surface area (Å²) in [7, 11) is 0. The minimum Gasteiger partial charge on any atom is -0.481 e. The number of carboxylic acids is 1. The molecule has 1 N–H and O–H groups in total. The Morgan fingerprint density at radius 2 is 1.73 bits per heavy atom. The van der Waals surface area contributed by atoms with Crippen molar-refractivity contribution in [1.29, 1.82) is 0 Å². The molecule has 0 rings (SSSR count). The molecule has 0 saturated carbocycles. The zero-order valence-electron chi connectivity index (χ0n) is 6.87. The molecule has 0 fully saturated rings. The SMILES string of the molecule is CCCCCCCC(=O)O.[Yb]. The second-order valence-corrected chi connectivity index (χ2v) is 2.56. The number of aliphatic carboxylic acids is 1. The largest absolute Gasteiger partial charge is 0.481 e. The van der Waals surface area contributed by atoms with Gasteiger partial charge in [-0.3, -0.25) is 4.79 Å². The van der Waals surface area contributed by atoms with E-state index in [1.54, 1.807) is 0 Å². The molecule has 11 heavy (non-hydrogen) atoms. The van der Waals surface area contributed by atoms with Crippen molar-refractivity contribution in [2.75, 3.05) is 0 Å². The molecule has 0 aliphatic rings. The maximum atomic E-state index is 10.0. The molecule has 0 aliphatic carbocycles.